The second-order valence-electron chi connectivity index (χ2n) is 7.74. The maximum Gasteiger partial charge on any atom is 0.0705 e. The SMILES string of the molecule is CN(CCc1ccccc1)[C@H]1CCCN(Cc2ccc3ccccc3n2)C1. The molecular weight excluding hydrogens is 330 g/mol. The van der Waals surface area contributed by atoms with Crippen molar-refractivity contribution in [3.05, 3.63) is 78.0 Å². The zero-order valence-electron chi connectivity index (χ0n) is 16.2. The number of pyridine rings is 1. The maximum absolute atomic E-state index is 4.86. The third kappa shape index (κ3) is 4.74. The zero-order chi connectivity index (χ0) is 18.5. The molecule has 0 unspecified atom stereocenters. The number of fused-ring (bicyclic) bond motifs is 1. The first-order valence-electron chi connectivity index (χ1n) is 10.1. The molecule has 1 aliphatic heterocycles. The van der Waals surface area contributed by atoms with Gasteiger partial charge < -0.3 is 4.90 Å². The zero-order valence-corrected chi connectivity index (χ0v) is 16.2. The van der Waals surface area contributed by atoms with Gasteiger partial charge in [-0.25, -0.2) is 0 Å². The summed E-state index contributed by atoms with van der Waals surface area (Å²) in [7, 11) is 2.28. The summed E-state index contributed by atoms with van der Waals surface area (Å²) in [6.45, 7) is 4.39. The minimum absolute atomic E-state index is 0.642. The molecule has 1 aromatic heterocycles. The quantitative estimate of drug-likeness (QED) is 0.651. The standard InChI is InChI=1S/C24H29N3/c1-26(17-15-20-8-3-2-4-9-20)23-11-7-16-27(19-23)18-22-14-13-21-10-5-6-12-24(21)25-22/h2-6,8-10,12-14,23H,7,11,15-19H2,1H3/t23-/m0/s1. The van der Waals surface area contributed by atoms with Crippen LogP contribution in [0.25, 0.3) is 10.9 Å². The molecule has 27 heavy (non-hydrogen) atoms. The Labute approximate surface area is 162 Å². The van der Waals surface area contributed by atoms with Crippen molar-refractivity contribution in [3.63, 3.8) is 0 Å². The van der Waals surface area contributed by atoms with Gasteiger partial charge in [-0.15, -0.1) is 0 Å². The smallest absolute Gasteiger partial charge is 0.0705 e. The first-order chi connectivity index (χ1) is 13.3. The van der Waals surface area contributed by atoms with Crippen LogP contribution < -0.4 is 0 Å². The number of aromatic nitrogens is 1. The lowest BCUT2D eigenvalue weighted by Gasteiger charge is -2.37. The van der Waals surface area contributed by atoms with Gasteiger partial charge in [0.15, 0.2) is 0 Å². The average Bonchev–Trinajstić information content (AvgIpc) is 2.73. The van der Waals surface area contributed by atoms with E-state index in [0.29, 0.717) is 6.04 Å². The molecule has 0 aliphatic carbocycles. The minimum Gasteiger partial charge on any atom is -0.302 e. The van der Waals surface area contributed by atoms with Gasteiger partial charge in [-0.1, -0.05) is 54.6 Å². The van der Waals surface area contributed by atoms with E-state index >= 15 is 0 Å². The molecule has 2 aromatic carbocycles. The molecule has 1 atom stereocenters. The van der Waals surface area contributed by atoms with E-state index in [4.69, 9.17) is 4.98 Å². The summed E-state index contributed by atoms with van der Waals surface area (Å²) in [5, 5.41) is 1.22. The Morgan fingerprint density at radius 3 is 2.70 bits per heavy atom. The second kappa shape index (κ2) is 8.64. The maximum atomic E-state index is 4.86. The van der Waals surface area contributed by atoms with Gasteiger partial charge in [0.2, 0.25) is 0 Å². The van der Waals surface area contributed by atoms with Crippen LogP contribution in [0.5, 0.6) is 0 Å². The normalized spacial score (nSPS) is 18.2. The second-order valence-corrected chi connectivity index (χ2v) is 7.74. The molecular formula is C24H29N3. The van der Waals surface area contributed by atoms with E-state index in [0.717, 1.165) is 31.6 Å². The molecule has 1 saturated heterocycles. The molecule has 140 valence electrons. The van der Waals surface area contributed by atoms with Crippen LogP contribution in [-0.2, 0) is 13.0 Å². The molecule has 2 heterocycles. The van der Waals surface area contributed by atoms with Crippen LogP contribution in [0, 0.1) is 0 Å². The predicted molar refractivity (Wildman–Crippen MR) is 113 cm³/mol. The van der Waals surface area contributed by atoms with Gasteiger partial charge in [-0.3, -0.25) is 9.88 Å². The molecule has 0 saturated carbocycles. The number of hydrogen-bond donors (Lipinski definition) is 0. The van der Waals surface area contributed by atoms with Crippen LogP contribution in [0.4, 0.5) is 0 Å². The fourth-order valence-corrected chi connectivity index (χ4v) is 4.09. The highest BCUT2D eigenvalue weighted by atomic mass is 15.2. The van der Waals surface area contributed by atoms with Gasteiger partial charge in [-0.05, 0) is 50.6 Å². The Morgan fingerprint density at radius 2 is 1.81 bits per heavy atom. The van der Waals surface area contributed by atoms with E-state index in [1.165, 1.54) is 36.0 Å². The summed E-state index contributed by atoms with van der Waals surface area (Å²) in [6.07, 6.45) is 3.70. The van der Waals surface area contributed by atoms with Crippen molar-refractivity contribution in [2.45, 2.75) is 31.8 Å². The van der Waals surface area contributed by atoms with Gasteiger partial charge in [0.1, 0.15) is 0 Å². The number of likely N-dealkylation sites (N-methyl/N-ethyl adjacent to an activating group) is 1. The highest BCUT2D eigenvalue weighted by molar-refractivity contribution is 5.78. The summed E-state index contributed by atoms with van der Waals surface area (Å²) in [4.78, 5) is 9.98. The molecule has 3 heteroatoms. The number of rotatable bonds is 6. The van der Waals surface area contributed by atoms with E-state index in [9.17, 15) is 0 Å². The highest BCUT2D eigenvalue weighted by Gasteiger charge is 2.23. The van der Waals surface area contributed by atoms with Gasteiger partial charge >= 0.3 is 0 Å². The number of likely N-dealkylation sites (tertiary alicyclic amines) is 1. The van der Waals surface area contributed by atoms with E-state index in [1.54, 1.807) is 0 Å². The molecule has 0 amide bonds. The topological polar surface area (TPSA) is 19.4 Å². The van der Waals surface area contributed by atoms with Crippen molar-refractivity contribution in [1.29, 1.82) is 0 Å². The van der Waals surface area contributed by atoms with Crippen LogP contribution in [-0.4, -0.2) is 47.5 Å². The monoisotopic (exact) mass is 359 g/mol. The van der Waals surface area contributed by atoms with Crippen molar-refractivity contribution in [3.8, 4) is 0 Å². The Morgan fingerprint density at radius 1 is 1.00 bits per heavy atom. The van der Waals surface area contributed by atoms with Crippen molar-refractivity contribution in [1.82, 2.24) is 14.8 Å². The Bertz CT molecular complexity index is 862. The number of piperidine rings is 1. The van der Waals surface area contributed by atoms with Gasteiger partial charge in [-0.2, -0.15) is 0 Å². The van der Waals surface area contributed by atoms with E-state index in [-0.39, 0.29) is 0 Å². The van der Waals surface area contributed by atoms with Gasteiger partial charge in [0.25, 0.3) is 0 Å². The molecule has 0 radical (unpaired) electrons. The summed E-state index contributed by atoms with van der Waals surface area (Å²) in [5.74, 6) is 0. The molecule has 4 rings (SSSR count). The van der Waals surface area contributed by atoms with Crippen LogP contribution in [0.3, 0.4) is 0 Å². The number of hydrogen-bond acceptors (Lipinski definition) is 3. The fourth-order valence-electron chi connectivity index (χ4n) is 4.09. The summed E-state index contributed by atoms with van der Waals surface area (Å²) >= 11 is 0. The number of nitrogens with zero attached hydrogens (tertiary/aromatic N) is 3. The van der Waals surface area contributed by atoms with Crippen molar-refractivity contribution < 1.29 is 0 Å². The predicted octanol–water partition coefficient (Wildman–Crippen LogP) is 4.37. The molecule has 3 nitrogen and oxygen atoms in total. The number of benzene rings is 2. The summed E-state index contributed by atoms with van der Waals surface area (Å²) in [6, 6.07) is 24.2. The lowest BCUT2D eigenvalue weighted by molar-refractivity contribution is 0.111. The third-order valence-corrected chi connectivity index (χ3v) is 5.74. The largest absolute Gasteiger partial charge is 0.302 e. The van der Waals surface area contributed by atoms with Crippen molar-refractivity contribution >= 4 is 10.9 Å². The molecule has 3 aromatic rings. The minimum atomic E-state index is 0.642. The molecule has 0 bridgehead atoms. The van der Waals surface area contributed by atoms with Crippen molar-refractivity contribution in [2.75, 3.05) is 26.7 Å². The van der Waals surface area contributed by atoms with Crippen LogP contribution in [0.2, 0.25) is 0 Å². The molecule has 0 spiro atoms. The van der Waals surface area contributed by atoms with E-state index < -0.39 is 0 Å². The fraction of sp³-hybridized carbons (Fsp3) is 0.375. The van der Waals surface area contributed by atoms with E-state index in [1.807, 2.05) is 0 Å². The van der Waals surface area contributed by atoms with E-state index in [2.05, 4.69) is 83.6 Å². The number of para-hydroxylation sites is 1. The lowest BCUT2D eigenvalue weighted by atomic mass is 10.0. The highest BCUT2D eigenvalue weighted by Crippen LogP contribution is 2.19. The summed E-state index contributed by atoms with van der Waals surface area (Å²) in [5.41, 5.74) is 3.71. The first-order valence-corrected chi connectivity index (χ1v) is 10.1. The average molecular weight is 360 g/mol. The van der Waals surface area contributed by atoms with Crippen molar-refractivity contribution in [2.24, 2.45) is 0 Å². The third-order valence-electron chi connectivity index (χ3n) is 5.74. The Hall–Kier alpha value is -2.23. The Kier molecular flexibility index (Phi) is 5.81. The van der Waals surface area contributed by atoms with Crippen LogP contribution in [0.1, 0.15) is 24.1 Å². The first kappa shape index (κ1) is 18.1. The van der Waals surface area contributed by atoms with Crippen LogP contribution >= 0.6 is 0 Å². The lowest BCUT2D eigenvalue weighted by Crippen LogP contribution is -2.46. The van der Waals surface area contributed by atoms with Gasteiger partial charge in [0, 0.05) is 31.1 Å². The molecule has 1 fully saturated rings. The summed E-state index contributed by atoms with van der Waals surface area (Å²) < 4.78 is 0. The molecule has 0 N–H and O–H groups in total. The Balaban J connectivity index is 1.34. The van der Waals surface area contributed by atoms with Gasteiger partial charge in [0.05, 0.1) is 11.2 Å². The molecule has 1 aliphatic rings. The van der Waals surface area contributed by atoms with Crippen LogP contribution in [0.15, 0.2) is 66.7 Å².